The van der Waals surface area contributed by atoms with Crippen molar-refractivity contribution in [2.45, 2.75) is 18.8 Å². The van der Waals surface area contributed by atoms with Crippen LogP contribution in [0.4, 0.5) is 0 Å². The van der Waals surface area contributed by atoms with E-state index in [0.29, 0.717) is 22.4 Å². The predicted molar refractivity (Wildman–Crippen MR) is 124 cm³/mol. The number of nitrogens with one attached hydrogen (secondary N) is 1. The summed E-state index contributed by atoms with van der Waals surface area (Å²) < 4.78 is 5.93. The van der Waals surface area contributed by atoms with Crippen LogP contribution in [0.15, 0.2) is 82.4 Å². The molecule has 1 saturated carbocycles. The summed E-state index contributed by atoms with van der Waals surface area (Å²) >= 11 is 3.31. The summed E-state index contributed by atoms with van der Waals surface area (Å²) in [6.45, 7) is 2.27. The molecule has 1 aliphatic carbocycles. The number of hydrogen-bond acceptors (Lipinski definition) is 4. The van der Waals surface area contributed by atoms with Crippen LogP contribution in [0.2, 0.25) is 0 Å². The zero-order chi connectivity index (χ0) is 21.8. The zero-order valence-electron chi connectivity index (χ0n) is 17.1. The van der Waals surface area contributed by atoms with Crippen molar-refractivity contribution in [3.05, 3.63) is 94.0 Å². The summed E-state index contributed by atoms with van der Waals surface area (Å²) in [6, 6.07) is 23.7. The van der Waals surface area contributed by atoms with Crippen molar-refractivity contribution in [2.75, 3.05) is 6.61 Å². The first-order chi connectivity index (χ1) is 15.1. The van der Waals surface area contributed by atoms with Crippen LogP contribution in [0.3, 0.4) is 0 Å². The molecule has 0 radical (unpaired) electrons. The highest BCUT2D eigenvalue weighted by Gasteiger charge is 2.60. The molecular weight excluding hydrogens is 456 g/mol. The molecule has 3 aromatic carbocycles. The largest absolute Gasteiger partial charge is 0.503 e. The number of phenols is 1. The van der Waals surface area contributed by atoms with E-state index in [-0.39, 0.29) is 23.0 Å². The minimum atomic E-state index is -0.328. The number of aromatic hydroxyl groups is 1. The summed E-state index contributed by atoms with van der Waals surface area (Å²) in [7, 11) is 0. The van der Waals surface area contributed by atoms with Gasteiger partial charge in [0.05, 0.1) is 23.2 Å². The van der Waals surface area contributed by atoms with Crippen molar-refractivity contribution in [1.29, 1.82) is 0 Å². The van der Waals surface area contributed by atoms with Crippen LogP contribution in [0.5, 0.6) is 11.5 Å². The molecule has 1 aliphatic rings. The molecule has 1 atom stereocenters. The first kappa shape index (κ1) is 21.1. The van der Waals surface area contributed by atoms with Crippen molar-refractivity contribution in [1.82, 2.24) is 5.43 Å². The van der Waals surface area contributed by atoms with E-state index < -0.39 is 0 Å². The van der Waals surface area contributed by atoms with Gasteiger partial charge in [-0.15, -0.1) is 0 Å². The normalized spacial score (nSPS) is 16.8. The Labute approximate surface area is 189 Å². The maximum absolute atomic E-state index is 12.9. The number of amides is 1. The van der Waals surface area contributed by atoms with Gasteiger partial charge in [0.15, 0.2) is 11.5 Å². The molecule has 1 fully saturated rings. The van der Waals surface area contributed by atoms with Gasteiger partial charge in [0.1, 0.15) is 0 Å². The summed E-state index contributed by atoms with van der Waals surface area (Å²) in [4.78, 5) is 12.9. The third kappa shape index (κ3) is 4.21. The molecule has 158 valence electrons. The highest BCUT2D eigenvalue weighted by molar-refractivity contribution is 9.10. The number of hydrazone groups is 1. The standard InChI is InChI=1S/C25H23BrN2O3/c1-2-31-22-14-17(13-21(26)23(22)29)16-27-28-24(30)20-15-25(20,18-9-5-3-6-10-18)19-11-7-4-8-12-19/h3-14,16,20,29H,2,15H2,1H3,(H,28,30)/b27-16+. The molecule has 1 amide bonds. The number of nitrogens with zero attached hydrogens (tertiary/aromatic N) is 1. The lowest BCUT2D eigenvalue weighted by atomic mass is 9.85. The van der Waals surface area contributed by atoms with Crippen LogP contribution in [-0.2, 0) is 10.2 Å². The van der Waals surface area contributed by atoms with E-state index in [0.717, 1.165) is 17.5 Å². The Morgan fingerprint density at radius 2 is 1.77 bits per heavy atom. The lowest BCUT2D eigenvalue weighted by Gasteiger charge is -2.18. The third-order valence-corrected chi connectivity index (χ3v) is 6.20. The third-order valence-electron chi connectivity index (χ3n) is 5.59. The number of carbonyl (C=O) groups excluding carboxylic acids is 1. The van der Waals surface area contributed by atoms with Crippen LogP contribution in [0.25, 0.3) is 0 Å². The second kappa shape index (κ2) is 8.94. The van der Waals surface area contributed by atoms with Gasteiger partial charge in [0.2, 0.25) is 5.91 Å². The van der Waals surface area contributed by atoms with Crippen molar-refractivity contribution in [3.63, 3.8) is 0 Å². The van der Waals surface area contributed by atoms with Gasteiger partial charge in [-0.3, -0.25) is 4.79 Å². The maximum atomic E-state index is 12.9. The van der Waals surface area contributed by atoms with E-state index in [1.165, 1.54) is 0 Å². The van der Waals surface area contributed by atoms with E-state index >= 15 is 0 Å². The summed E-state index contributed by atoms with van der Waals surface area (Å²) in [5, 5.41) is 14.2. The Kier molecular flexibility index (Phi) is 6.09. The average molecular weight is 479 g/mol. The first-order valence-corrected chi connectivity index (χ1v) is 10.9. The van der Waals surface area contributed by atoms with Gasteiger partial charge in [0, 0.05) is 5.41 Å². The molecule has 0 heterocycles. The highest BCUT2D eigenvalue weighted by Crippen LogP contribution is 2.58. The molecule has 1 unspecified atom stereocenters. The lowest BCUT2D eigenvalue weighted by Crippen LogP contribution is -2.25. The summed E-state index contributed by atoms with van der Waals surface area (Å²) in [5.74, 6) is 0.0855. The van der Waals surface area contributed by atoms with Gasteiger partial charge >= 0.3 is 0 Å². The fourth-order valence-corrected chi connectivity index (χ4v) is 4.50. The van der Waals surface area contributed by atoms with Crippen LogP contribution >= 0.6 is 15.9 Å². The van der Waals surface area contributed by atoms with Gasteiger partial charge in [-0.2, -0.15) is 5.10 Å². The zero-order valence-corrected chi connectivity index (χ0v) is 18.7. The molecule has 0 aliphatic heterocycles. The topological polar surface area (TPSA) is 70.9 Å². The van der Waals surface area contributed by atoms with Crippen LogP contribution in [0.1, 0.15) is 30.0 Å². The molecule has 4 rings (SSSR count). The predicted octanol–water partition coefficient (Wildman–Crippen LogP) is 5.01. The maximum Gasteiger partial charge on any atom is 0.244 e. The number of halogens is 1. The molecule has 2 N–H and O–H groups in total. The number of rotatable bonds is 7. The van der Waals surface area contributed by atoms with Gasteiger partial charge in [0.25, 0.3) is 0 Å². The number of hydrogen-bond donors (Lipinski definition) is 2. The van der Waals surface area contributed by atoms with Crippen molar-refractivity contribution in [3.8, 4) is 11.5 Å². The molecule has 6 heteroatoms. The Balaban J connectivity index is 1.52. The molecular formula is C25H23BrN2O3. The Morgan fingerprint density at radius 1 is 1.16 bits per heavy atom. The summed E-state index contributed by atoms with van der Waals surface area (Å²) in [5.41, 5.74) is 5.32. The number of carbonyl (C=O) groups is 1. The van der Waals surface area contributed by atoms with Gasteiger partial charge in [-0.05, 0) is 58.1 Å². The van der Waals surface area contributed by atoms with Crippen LogP contribution in [-0.4, -0.2) is 23.8 Å². The van der Waals surface area contributed by atoms with Gasteiger partial charge in [-0.1, -0.05) is 60.7 Å². The monoisotopic (exact) mass is 478 g/mol. The van der Waals surface area contributed by atoms with E-state index in [9.17, 15) is 9.90 Å². The van der Waals surface area contributed by atoms with Crippen molar-refractivity contribution in [2.24, 2.45) is 11.0 Å². The SMILES string of the molecule is CCOc1cc(/C=N/NC(=O)C2CC2(c2ccccc2)c2ccccc2)cc(Br)c1O. The fourth-order valence-electron chi connectivity index (χ4n) is 4.04. The van der Waals surface area contributed by atoms with Crippen molar-refractivity contribution < 1.29 is 14.6 Å². The highest BCUT2D eigenvalue weighted by atomic mass is 79.9. The van der Waals surface area contributed by atoms with Gasteiger partial charge < -0.3 is 9.84 Å². The minimum absolute atomic E-state index is 0.0384. The number of ether oxygens (including phenoxy) is 1. The average Bonchev–Trinajstić information content (AvgIpc) is 3.56. The Hall–Kier alpha value is -3.12. The minimum Gasteiger partial charge on any atom is -0.503 e. The molecule has 0 spiro atoms. The fraction of sp³-hybridized carbons (Fsp3) is 0.200. The van der Waals surface area contributed by atoms with E-state index in [1.807, 2.05) is 43.3 Å². The lowest BCUT2D eigenvalue weighted by molar-refractivity contribution is -0.122. The molecule has 31 heavy (non-hydrogen) atoms. The number of phenolic OH excluding ortho intramolecular Hbond substituents is 1. The van der Waals surface area contributed by atoms with Crippen molar-refractivity contribution >= 4 is 28.1 Å². The van der Waals surface area contributed by atoms with E-state index in [4.69, 9.17) is 4.74 Å². The quantitative estimate of drug-likeness (QED) is 0.370. The summed E-state index contributed by atoms with van der Waals surface area (Å²) in [6.07, 6.45) is 2.28. The Morgan fingerprint density at radius 3 is 2.35 bits per heavy atom. The van der Waals surface area contributed by atoms with Crippen LogP contribution < -0.4 is 10.2 Å². The smallest absolute Gasteiger partial charge is 0.244 e. The molecule has 0 saturated heterocycles. The Bertz CT molecular complexity index is 1060. The molecule has 0 bridgehead atoms. The molecule has 5 nitrogen and oxygen atoms in total. The first-order valence-electron chi connectivity index (χ1n) is 10.2. The van der Waals surface area contributed by atoms with E-state index in [2.05, 4.69) is 50.7 Å². The van der Waals surface area contributed by atoms with E-state index in [1.54, 1.807) is 18.3 Å². The second-order valence-electron chi connectivity index (χ2n) is 7.48. The van der Waals surface area contributed by atoms with Crippen LogP contribution in [0, 0.1) is 5.92 Å². The molecule has 3 aromatic rings. The van der Waals surface area contributed by atoms with Gasteiger partial charge in [-0.25, -0.2) is 5.43 Å². The second-order valence-corrected chi connectivity index (χ2v) is 8.33. The number of benzene rings is 3. The molecule has 0 aromatic heterocycles.